The highest BCUT2D eigenvalue weighted by Gasteiger charge is 2.32. The standard InChI is InChI=1S/C9H11BrN2O2S/c1-2-6-12-8-5-3-4-7(10)9(8)11-15(12,13)14/h3-5,11H,2,6H2,1H3. The number of rotatable bonds is 2. The van der Waals surface area contributed by atoms with E-state index in [1.54, 1.807) is 6.07 Å². The number of nitrogens with zero attached hydrogens (tertiary/aromatic N) is 1. The maximum Gasteiger partial charge on any atom is 0.324 e. The molecule has 0 spiro atoms. The molecule has 1 aromatic rings. The summed E-state index contributed by atoms with van der Waals surface area (Å²) in [7, 11) is -3.38. The molecule has 4 nitrogen and oxygen atoms in total. The molecule has 0 unspecified atom stereocenters. The van der Waals surface area contributed by atoms with E-state index in [9.17, 15) is 8.42 Å². The second-order valence-corrected chi connectivity index (χ2v) is 5.76. The Hall–Kier alpha value is -0.750. The second kappa shape index (κ2) is 3.68. The van der Waals surface area contributed by atoms with Crippen LogP contribution in [0.25, 0.3) is 0 Å². The second-order valence-electron chi connectivity index (χ2n) is 3.31. The first-order valence-corrected chi connectivity index (χ1v) is 6.88. The monoisotopic (exact) mass is 290 g/mol. The maximum absolute atomic E-state index is 11.8. The number of halogens is 1. The zero-order valence-electron chi connectivity index (χ0n) is 8.20. The van der Waals surface area contributed by atoms with Crippen LogP contribution in [0.2, 0.25) is 0 Å². The van der Waals surface area contributed by atoms with Crippen LogP contribution in [-0.2, 0) is 10.2 Å². The molecule has 1 aliphatic heterocycles. The Kier molecular flexibility index (Phi) is 2.64. The summed E-state index contributed by atoms with van der Waals surface area (Å²) in [4.78, 5) is 0. The van der Waals surface area contributed by atoms with E-state index in [1.807, 2.05) is 19.1 Å². The molecule has 0 aromatic heterocycles. The van der Waals surface area contributed by atoms with Gasteiger partial charge in [0.15, 0.2) is 0 Å². The van der Waals surface area contributed by atoms with Crippen molar-refractivity contribution in [3.63, 3.8) is 0 Å². The van der Waals surface area contributed by atoms with Crippen molar-refractivity contribution in [1.82, 2.24) is 0 Å². The number of nitrogens with one attached hydrogen (secondary N) is 1. The van der Waals surface area contributed by atoms with Crippen molar-refractivity contribution in [2.24, 2.45) is 0 Å². The van der Waals surface area contributed by atoms with Crippen LogP contribution in [0.5, 0.6) is 0 Å². The molecule has 2 rings (SSSR count). The van der Waals surface area contributed by atoms with Crippen molar-refractivity contribution in [2.75, 3.05) is 15.6 Å². The fourth-order valence-electron chi connectivity index (χ4n) is 1.58. The molecule has 0 fully saturated rings. The molecular formula is C9H11BrN2O2S. The summed E-state index contributed by atoms with van der Waals surface area (Å²) in [6, 6.07) is 5.44. The highest BCUT2D eigenvalue weighted by atomic mass is 79.9. The van der Waals surface area contributed by atoms with Crippen LogP contribution in [0.1, 0.15) is 13.3 Å². The summed E-state index contributed by atoms with van der Waals surface area (Å²) in [5, 5.41) is 0. The van der Waals surface area contributed by atoms with Gasteiger partial charge < -0.3 is 0 Å². The molecule has 82 valence electrons. The Balaban J connectivity index is 2.55. The summed E-state index contributed by atoms with van der Waals surface area (Å²) in [5.74, 6) is 0. The van der Waals surface area contributed by atoms with E-state index in [-0.39, 0.29) is 0 Å². The van der Waals surface area contributed by atoms with E-state index in [1.165, 1.54) is 4.31 Å². The third kappa shape index (κ3) is 1.72. The molecule has 0 aliphatic carbocycles. The van der Waals surface area contributed by atoms with Crippen molar-refractivity contribution in [3.05, 3.63) is 22.7 Å². The van der Waals surface area contributed by atoms with Gasteiger partial charge in [0.05, 0.1) is 11.4 Å². The zero-order chi connectivity index (χ0) is 11.1. The van der Waals surface area contributed by atoms with E-state index in [0.29, 0.717) is 17.9 Å². The van der Waals surface area contributed by atoms with Crippen LogP contribution in [0.4, 0.5) is 11.4 Å². The average Bonchev–Trinajstić information content (AvgIpc) is 2.42. The minimum absolute atomic E-state index is 0.499. The summed E-state index contributed by atoms with van der Waals surface area (Å²) in [6.45, 7) is 2.45. The molecule has 1 aliphatic rings. The lowest BCUT2D eigenvalue weighted by molar-refractivity contribution is 0.597. The zero-order valence-corrected chi connectivity index (χ0v) is 10.6. The summed E-state index contributed by atoms with van der Waals surface area (Å²) in [5.41, 5.74) is 1.34. The Morgan fingerprint density at radius 2 is 2.20 bits per heavy atom. The third-order valence-corrected chi connectivity index (χ3v) is 4.29. The van der Waals surface area contributed by atoms with Crippen molar-refractivity contribution >= 4 is 37.5 Å². The number of anilines is 2. The van der Waals surface area contributed by atoms with Crippen molar-refractivity contribution in [1.29, 1.82) is 0 Å². The Labute approximate surface area is 97.6 Å². The molecule has 0 saturated heterocycles. The van der Waals surface area contributed by atoms with Gasteiger partial charge in [0, 0.05) is 11.0 Å². The number of benzene rings is 1. The number of para-hydroxylation sites is 1. The van der Waals surface area contributed by atoms with Crippen LogP contribution < -0.4 is 9.03 Å². The lowest BCUT2D eigenvalue weighted by Crippen LogP contribution is -2.30. The van der Waals surface area contributed by atoms with Gasteiger partial charge in [-0.3, -0.25) is 9.03 Å². The molecule has 1 heterocycles. The summed E-state index contributed by atoms with van der Waals surface area (Å²) < 4.78 is 28.2. The smallest absolute Gasteiger partial charge is 0.263 e. The molecule has 0 radical (unpaired) electrons. The number of fused-ring (bicyclic) bond motifs is 1. The van der Waals surface area contributed by atoms with E-state index in [0.717, 1.165) is 10.9 Å². The highest BCUT2D eigenvalue weighted by molar-refractivity contribution is 9.10. The Morgan fingerprint density at radius 3 is 2.87 bits per heavy atom. The first kappa shape index (κ1) is 10.8. The van der Waals surface area contributed by atoms with Gasteiger partial charge in [0.1, 0.15) is 0 Å². The molecular weight excluding hydrogens is 280 g/mol. The average molecular weight is 291 g/mol. The summed E-state index contributed by atoms with van der Waals surface area (Å²) >= 11 is 3.32. The van der Waals surface area contributed by atoms with E-state index in [2.05, 4.69) is 20.7 Å². The van der Waals surface area contributed by atoms with Gasteiger partial charge in [-0.25, -0.2) is 0 Å². The molecule has 0 amide bonds. The number of hydrogen-bond acceptors (Lipinski definition) is 2. The topological polar surface area (TPSA) is 49.4 Å². The van der Waals surface area contributed by atoms with Gasteiger partial charge in [-0.05, 0) is 34.5 Å². The van der Waals surface area contributed by atoms with Crippen LogP contribution in [0, 0.1) is 0 Å². The minimum atomic E-state index is -3.38. The lowest BCUT2D eigenvalue weighted by atomic mass is 10.2. The van der Waals surface area contributed by atoms with Crippen LogP contribution in [0.15, 0.2) is 22.7 Å². The fraction of sp³-hybridized carbons (Fsp3) is 0.333. The number of hydrogen-bond donors (Lipinski definition) is 1. The summed E-state index contributed by atoms with van der Waals surface area (Å²) in [6.07, 6.45) is 0.785. The van der Waals surface area contributed by atoms with Gasteiger partial charge in [0.2, 0.25) is 0 Å². The lowest BCUT2D eigenvalue weighted by Gasteiger charge is -2.15. The molecule has 0 atom stereocenters. The molecule has 1 N–H and O–H groups in total. The van der Waals surface area contributed by atoms with E-state index >= 15 is 0 Å². The van der Waals surface area contributed by atoms with Crippen molar-refractivity contribution in [3.8, 4) is 0 Å². The highest BCUT2D eigenvalue weighted by Crippen LogP contribution is 2.40. The van der Waals surface area contributed by atoms with Gasteiger partial charge in [-0.2, -0.15) is 8.42 Å². The Morgan fingerprint density at radius 1 is 1.47 bits per heavy atom. The van der Waals surface area contributed by atoms with Gasteiger partial charge >= 0.3 is 10.2 Å². The minimum Gasteiger partial charge on any atom is -0.263 e. The van der Waals surface area contributed by atoms with Gasteiger partial charge in [0.25, 0.3) is 0 Å². The normalized spacial score (nSPS) is 17.3. The van der Waals surface area contributed by atoms with Crippen LogP contribution in [0.3, 0.4) is 0 Å². The van der Waals surface area contributed by atoms with E-state index < -0.39 is 10.2 Å². The predicted octanol–water partition coefficient (Wildman–Crippen LogP) is 2.34. The quantitative estimate of drug-likeness (QED) is 0.909. The molecule has 6 heteroatoms. The molecule has 1 aromatic carbocycles. The largest absolute Gasteiger partial charge is 0.324 e. The fourth-order valence-corrected chi connectivity index (χ4v) is 3.58. The molecule has 0 bridgehead atoms. The third-order valence-electron chi connectivity index (χ3n) is 2.21. The SMILES string of the molecule is CCCN1c2cccc(Br)c2NS1(=O)=O. The van der Waals surface area contributed by atoms with Crippen LogP contribution in [-0.4, -0.2) is 15.0 Å². The predicted molar refractivity (Wildman–Crippen MR) is 64.3 cm³/mol. The van der Waals surface area contributed by atoms with Crippen molar-refractivity contribution in [2.45, 2.75) is 13.3 Å². The van der Waals surface area contributed by atoms with Gasteiger partial charge in [-0.15, -0.1) is 0 Å². The first-order valence-electron chi connectivity index (χ1n) is 4.65. The Bertz CT molecular complexity index is 487. The maximum atomic E-state index is 11.8. The molecule has 0 saturated carbocycles. The molecule has 15 heavy (non-hydrogen) atoms. The van der Waals surface area contributed by atoms with Gasteiger partial charge in [-0.1, -0.05) is 13.0 Å². The first-order chi connectivity index (χ1) is 7.06. The van der Waals surface area contributed by atoms with E-state index in [4.69, 9.17) is 0 Å². The van der Waals surface area contributed by atoms with Crippen molar-refractivity contribution < 1.29 is 8.42 Å². The van der Waals surface area contributed by atoms with Crippen LogP contribution >= 0.6 is 15.9 Å².